The van der Waals surface area contributed by atoms with Crippen molar-refractivity contribution >= 4 is 45.4 Å². The number of hydrogen-bond donors (Lipinski definition) is 2. The minimum atomic E-state index is -0.583. The number of fused-ring (bicyclic) bond motifs is 1. The molecule has 3 aromatic rings. The van der Waals surface area contributed by atoms with Gasteiger partial charge >= 0.3 is 0 Å². The summed E-state index contributed by atoms with van der Waals surface area (Å²) in [5, 5.41) is 14.4. The van der Waals surface area contributed by atoms with E-state index in [2.05, 4.69) is 10.2 Å². The third-order valence-corrected chi connectivity index (χ3v) is 6.74. The Hall–Kier alpha value is -3.27. The van der Waals surface area contributed by atoms with E-state index in [0.29, 0.717) is 47.2 Å². The molecule has 1 aliphatic heterocycles. The lowest BCUT2D eigenvalue weighted by atomic mass is 10.0. The average Bonchev–Trinajstić information content (AvgIpc) is 3.11. The highest BCUT2D eigenvalue weighted by atomic mass is 35.5. The van der Waals surface area contributed by atoms with Gasteiger partial charge in [-0.25, -0.2) is 0 Å². The topological polar surface area (TPSA) is 119 Å². The van der Waals surface area contributed by atoms with E-state index in [9.17, 15) is 19.7 Å². The van der Waals surface area contributed by atoms with E-state index in [1.54, 1.807) is 36.4 Å². The number of nitro groups is 1. The number of rotatable bonds is 6. The van der Waals surface area contributed by atoms with Gasteiger partial charge in [-0.05, 0) is 29.7 Å². The summed E-state index contributed by atoms with van der Waals surface area (Å²) in [5.74, 6) is -0.986. The lowest BCUT2D eigenvalue weighted by Crippen LogP contribution is -2.30. The molecule has 0 spiro atoms. The average molecular weight is 471 g/mol. The van der Waals surface area contributed by atoms with Crippen LogP contribution in [0.15, 0.2) is 48.5 Å². The molecule has 1 aliphatic rings. The van der Waals surface area contributed by atoms with Gasteiger partial charge in [0.15, 0.2) is 0 Å². The van der Waals surface area contributed by atoms with Gasteiger partial charge in [0, 0.05) is 36.6 Å². The van der Waals surface area contributed by atoms with Crippen molar-refractivity contribution in [2.75, 3.05) is 11.9 Å². The Balaban J connectivity index is 1.54. The third kappa shape index (κ3) is 4.50. The molecule has 32 heavy (non-hydrogen) atoms. The minimum Gasteiger partial charge on any atom is -0.365 e. The van der Waals surface area contributed by atoms with Gasteiger partial charge in [-0.3, -0.25) is 24.6 Å². The number of carbonyl (C=O) groups is 2. The first-order valence-electron chi connectivity index (χ1n) is 9.79. The number of nitro benzene ring substituents is 1. The van der Waals surface area contributed by atoms with Crippen molar-refractivity contribution in [3.05, 3.63) is 90.8 Å². The monoisotopic (exact) mass is 470 g/mol. The fourth-order valence-corrected chi connectivity index (χ4v) is 5.25. The maximum absolute atomic E-state index is 12.7. The second-order valence-corrected chi connectivity index (χ2v) is 8.90. The van der Waals surface area contributed by atoms with E-state index in [0.717, 1.165) is 16.0 Å². The molecule has 164 valence electrons. The smallest absolute Gasteiger partial charge is 0.269 e. The van der Waals surface area contributed by atoms with Crippen LogP contribution in [0.3, 0.4) is 0 Å². The van der Waals surface area contributed by atoms with E-state index in [-0.39, 0.29) is 5.69 Å². The number of halogens is 1. The molecule has 4 rings (SSSR count). The number of nitrogens with two attached hydrogens (primary N) is 1. The Kier molecular flexibility index (Phi) is 6.22. The molecular weight excluding hydrogens is 452 g/mol. The Morgan fingerprint density at radius 3 is 2.56 bits per heavy atom. The van der Waals surface area contributed by atoms with Crippen molar-refractivity contribution in [3.63, 3.8) is 0 Å². The number of anilines is 1. The Morgan fingerprint density at radius 1 is 1.19 bits per heavy atom. The molecule has 0 radical (unpaired) electrons. The molecule has 0 bridgehead atoms. The van der Waals surface area contributed by atoms with Crippen LogP contribution in [-0.2, 0) is 19.5 Å². The van der Waals surface area contributed by atoms with Crippen LogP contribution in [-0.4, -0.2) is 28.2 Å². The zero-order valence-corrected chi connectivity index (χ0v) is 18.4. The van der Waals surface area contributed by atoms with Gasteiger partial charge in [-0.15, -0.1) is 11.3 Å². The third-order valence-electron chi connectivity index (χ3n) is 5.28. The summed E-state index contributed by atoms with van der Waals surface area (Å²) in [7, 11) is 0. The minimum absolute atomic E-state index is 0.0536. The van der Waals surface area contributed by atoms with Crippen LogP contribution < -0.4 is 11.1 Å². The van der Waals surface area contributed by atoms with Gasteiger partial charge in [0.05, 0.1) is 21.1 Å². The summed E-state index contributed by atoms with van der Waals surface area (Å²) in [5.41, 5.74) is 8.18. The van der Waals surface area contributed by atoms with Crippen LogP contribution in [0.1, 0.15) is 36.7 Å². The molecule has 0 aliphatic carbocycles. The zero-order valence-electron chi connectivity index (χ0n) is 16.8. The summed E-state index contributed by atoms with van der Waals surface area (Å²) >= 11 is 7.45. The summed E-state index contributed by atoms with van der Waals surface area (Å²) in [6.45, 7) is 1.89. The fraction of sp³-hybridized carbons (Fsp3) is 0.182. The van der Waals surface area contributed by atoms with Gasteiger partial charge < -0.3 is 11.1 Å². The molecule has 0 saturated carbocycles. The Labute approximate surface area is 192 Å². The zero-order chi connectivity index (χ0) is 22.8. The number of nitrogens with zero attached hydrogens (tertiary/aromatic N) is 2. The standard InChI is InChI=1S/C22H19ClN4O4S/c23-17-4-2-1-3-15(17)21(29)25-22-19(20(24)28)16-9-10-26(12-18(16)32-22)11-13-5-7-14(8-6-13)27(30)31/h1-8H,9-12H2,(H2,24,28)(H,25,29). The molecule has 2 aromatic carbocycles. The van der Waals surface area contributed by atoms with Crippen LogP contribution in [0.5, 0.6) is 0 Å². The van der Waals surface area contributed by atoms with Crippen molar-refractivity contribution in [3.8, 4) is 0 Å². The van der Waals surface area contributed by atoms with E-state index < -0.39 is 16.7 Å². The van der Waals surface area contributed by atoms with Crippen LogP contribution in [0.25, 0.3) is 0 Å². The first-order chi connectivity index (χ1) is 15.3. The quantitative estimate of drug-likeness (QED) is 0.413. The number of primary amides is 1. The van der Waals surface area contributed by atoms with Gasteiger partial charge in [-0.2, -0.15) is 0 Å². The second kappa shape index (κ2) is 9.07. The van der Waals surface area contributed by atoms with Gasteiger partial charge in [0.1, 0.15) is 5.00 Å². The first kappa shape index (κ1) is 21.9. The van der Waals surface area contributed by atoms with Gasteiger partial charge in [-0.1, -0.05) is 35.9 Å². The fourth-order valence-electron chi connectivity index (χ4n) is 3.74. The molecule has 2 heterocycles. The van der Waals surface area contributed by atoms with E-state index in [1.165, 1.54) is 23.5 Å². The Bertz CT molecular complexity index is 1210. The highest BCUT2D eigenvalue weighted by molar-refractivity contribution is 7.17. The molecule has 0 fully saturated rings. The van der Waals surface area contributed by atoms with Crippen molar-refractivity contribution in [1.29, 1.82) is 0 Å². The molecule has 0 unspecified atom stereocenters. The first-order valence-corrected chi connectivity index (χ1v) is 11.0. The molecule has 2 amide bonds. The lowest BCUT2D eigenvalue weighted by molar-refractivity contribution is -0.384. The number of benzene rings is 2. The van der Waals surface area contributed by atoms with Crippen molar-refractivity contribution < 1.29 is 14.5 Å². The molecule has 0 saturated heterocycles. The summed E-state index contributed by atoms with van der Waals surface area (Å²) in [6, 6.07) is 13.1. The number of carbonyl (C=O) groups excluding carboxylic acids is 2. The van der Waals surface area contributed by atoms with Gasteiger partial charge in [0.25, 0.3) is 17.5 Å². The van der Waals surface area contributed by atoms with Crippen LogP contribution >= 0.6 is 22.9 Å². The normalized spacial score (nSPS) is 13.4. The molecule has 8 nitrogen and oxygen atoms in total. The molecule has 10 heteroatoms. The molecular formula is C22H19ClN4O4S. The summed E-state index contributed by atoms with van der Waals surface area (Å²) in [6.07, 6.45) is 0.610. The highest BCUT2D eigenvalue weighted by Crippen LogP contribution is 2.37. The largest absolute Gasteiger partial charge is 0.365 e. The maximum atomic E-state index is 12.7. The van der Waals surface area contributed by atoms with Crippen LogP contribution in [0.4, 0.5) is 10.7 Å². The van der Waals surface area contributed by atoms with E-state index >= 15 is 0 Å². The summed E-state index contributed by atoms with van der Waals surface area (Å²) in [4.78, 5) is 38.4. The SMILES string of the molecule is NC(=O)c1c(NC(=O)c2ccccc2Cl)sc2c1CCN(Cc1ccc([N+](=O)[O-])cc1)C2. The van der Waals surface area contributed by atoms with Crippen molar-refractivity contribution in [2.24, 2.45) is 5.73 Å². The van der Waals surface area contributed by atoms with Crippen molar-refractivity contribution in [2.45, 2.75) is 19.5 Å². The summed E-state index contributed by atoms with van der Waals surface area (Å²) < 4.78 is 0. The van der Waals surface area contributed by atoms with Crippen molar-refractivity contribution in [1.82, 2.24) is 4.90 Å². The van der Waals surface area contributed by atoms with E-state index in [1.807, 2.05) is 0 Å². The predicted molar refractivity (Wildman–Crippen MR) is 123 cm³/mol. The lowest BCUT2D eigenvalue weighted by Gasteiger charge is -2.27. The van der Waals surface area contributed by atoms with Crippen LogP contribution in [0.2, 0.25) is 5.02 Å². The molecule has 0 atom stereocenters. The molecule has 3 N–H and O–H groups in total. The van der Waals surface area contributed by atoms with E-state index in [4.69, 9.17) is 17.3 Å². The highest BCUT2D eigenvalue weighted by Gasteiger charge is 2.28. The van der Waals surface area contributed by atoms with Crippen LogP contribution in [0, 0.1) is 10.1 Å². The number of thiophene rings is 1. The number of nitrogens with one attached hydrogen (secondary N) is 1. The van der Waals surface area contributed by atoms with Gasteiger partial charge in [0.2, 0.25) is 0 Å². The number of hydrogen-bond acceptors (Lipinski definition) is 6. The maximum Gasteiger partial charge on any atom is 0.269 e. The number of non-ortho nitro benzene ring substituents is 1. The Morgan fingerprint density at radius 2 is 1.91 bits per heavy atom. The molecule has 1 aromatic heterocycles. The number of amides is 2. The predicted octanol–water partition coefficient (Wildman–Crippen LogP) is 4.22. The second-order valence-electron chi connectivity index (χ2n) is 7.39.